The van der Waals surface area contributed by atoms with Crippen LogP contribution in [-0.2, 0) is 0 Å². The Morgan fingerprint density at radius 1 is 1.26 bits per heavy atom. The summed E-state index contributed by atoms with van der Waals surface area (Å²) in [7, 11) is 3.20. The van der Waals surface area contributed by atoms with Crippen LogP contribution in [0, 0.1) is 0 Å². The van der Waals surface area contributed by atoms with Crippen LogP contribution in [0.15, 0.2) is 28.7 Å². The van der Waals surface area contributed by atoms with Crippen LogP contribution in [0.5, 0.6) is 0 Å². The third kappa shape index (κ3) is 5.65. The van der Waals surface area contributed by atoms with Crippen LogP contribution in [0.4, 0.5) is 10.5 Å². The minimum absolute atomic E-state index is 0.360. The number of rotatable bonds is 3. The summed E-state index contributed by atoms with van der Waals surface area (Å²) in [4.78, 5) is 13.0. The van der Waals surface area contributed by atoms with Crippen LogP contribution < -0.4 is 10.6 Å². The number of hydrogen-bond acceptors (Lipinski definition) is 2. The molecule has 0 aliphatic rings. The van der Waals surface area contributed by atoms with Crippen molar-refractivity contribution in [1.29, 1.82) is 0 Å². The van der Waals surface area contributed by atoms with Gasteiger partial charge in [0.15, 0.2) is 0 Å². The molecule has 0 aliphatic heterocycles. The first-order chi connectivity index (χ1) is 8.70. The molecule has 0 aromatic heterocycles. The number of urea groups is 1. The third-order valence-electron chi connectivity index (χ3n) is 2.16. The SMILES string of the molecule is CN(C)C(=O)N[C@@H](Nc1ccc(Br)cc1)C(Cl)(Cl)Cl. The third-order valence-corrected chi connectivity index (χ3v) is 3.34. The minimum Gasteiger partial charge on any atom is -0.362 e. The van der Waals surface area contributed by atoms with Crippen molar-refractivity contribution in [3.63, 3.8) is 0 Å². The van der Waals surface area contributed by atoms with Gasteiger partial charge in [0, 0.05) is 24.3 Å². The number of amides is 2. The zero-order valence-electron chi connectivity index (χ0n) is 10.3. The normalized spacial score (nSPS) is 12.7. The zero-order valence-corrected chi connectivity index (χ0v) is 14.1. The van der Waals surface area contributed by atoms with Crippen molar-refractivity contribution in [2.24, 2.45) is 0 Å². The Labute approximate surface area is 135 Å². The first-order valence-corrected chi connectivity index (χ1v) is 7.19. The molecule has 8 heteroatoms. The van der Waals surface area contributed by atoms with Gasteiger partial charge < -0.3 is 15.5 Å². The number of benzene rings is 1. The monoisotopic (exact) mass is 387 g/mol. The van der Waals surface area contributed by atoms with Crippen molar-refractivity contribution >= 4 is 62.5 Å². The maximum atomic E-state index is 11.6. The lowest BCUT2D eigenvalue weighted by atomic mass is 10.3. The Morgan fingerprint density at radius 3 is 2.21 bits per heavy atom. The van der Waals surface area contributed by atoms with Gasteiger partial charge in [0.05, 0.1) is 0 Å². The van der Waals surface area contributed by atoms with E-state index in [0.29, 0.717) is 0 Å². The van der Waals surface area contributed by atoms with Crippen molar-refractivity contribution in [2.45, 2.75) is 9.96 Å². The average Bonchev–Trinajstić information content (AvgIpc) is 2.29. The molecule has 0 aliphatic carbocycles. The van der Waals surface area contributed by atoms with Gasteiger partial charge in [0.2, 0.25) is 3.79 Å². The van der Waals surface area contributed by atoms with Gasteiger partial charge in [-0.25, -0.2) is 4.79 Å². The van der Waals surface area contributed by atoms with Gasteiger partial charge in [-0.1, -0.05) is 50.7 Å². The number of halogens is 4. The summed E-state index contributed by atoms with van der Waals surface area (Å²) in [5.74, 6) is 0. The highest BCUT2D eigenvalue weighted by Crippen LogP contribution is 2.31. The van der Waals surface area contributed by atoms with Gasteiger partial charge >= 0.3 is 6.03 Å². The van der Waals surface area contributed by atoms with Gasteiger partial charge in [-0.2, -0.15) is 0 Å². The summed E-state index contributed by atoms with van der Waals surface area (Å²) < 4.78 is -0.750. The molecule has 0 saturated heterocycles. The highest BCUT2D eigenvalue weighted by Gasteiger charge is 2.34. The molecule has 1 aromatic rings. The number of carbonyl (C=O) groups is 1. The summed E-state index contributed by atoms with van der Waals surface area (Å²) >= 11 is 20.9. The van der Waals surface area contributed by atoms with E-state index in [4.69, 9.17) is 34.8 Å². The second-order valence-corrected chi connectivity index (χ2v) is 7.25. The van der Waals surface area contributed by atoms with Crippen LogP contribution >= 0.6 is 50.7 Å². The molecular weight excluding hydrogens is 376 g/mol. The predicted molar refractivity (Wildman–Crippen MR) is 84.1 cm³/mol. The number of carbonyl (C=O) groups excluding carboxylic acids is 1. The molecule has 4 nitrogen and oxygen atoms in total. The molecule has 0 radical (unpaired) electrons. The first-order valence-electron chi connectivity index (χ1n) is 5.27. The molecule has 0 saturated carbocycles. The lowest BCUT2D eigenvalue weighted by molar-refractivity contribution is 0.214. The van der Waals surface area contributed by atoms with Gasteiger partial charge in [-0.15, -0.1) is 0 Å². The van der Waals surface area contributed by atoms with E-state index in [0.717, 1.165) is 10.2 Å². The number of nitrogens with zero attached hydrogens (tertiary/aromatic N) is 1. The summed E-state index contributed by atoms with van der Waals surface area (Å²) in [6, 6.07) is 6.92. The minimum atomic E-state index is -1.68. The van der Waals surface area contributed by atoms with E-state index >= 15 is 0 Å². The van der Waals surface area contributed by atoms with E-state index in [9.17, 15) is 4.79 Å². The standard InChI is InChI=1S/C11H13BrCl3N3O/c1-18(2)10(19)17-9(11(13,14)15)16-8-5-3-7(12)4-6-8/h3-6,9,16H,1-2H3,(H,17,19)/t9-/m1/s1. The van der Waals surface area contributed by atoms with Crippen molar-refractivity contribution in [1.82, 2.24) is 10.2 Å². The van der Waals surface area contributed by atoms with E-state index in [1.807, 2.05) is 12.1 Å². The summed E-state index contributed by atoms with van der Waals surface area (Å²) in [5, 5.41) is 5.54. The highest BCUT2D eigenvalue weighted by atomic mass is 79.9. The predicted octanol–water partition coefficient (Wildman–Crippen LogP) is 3.83. The fraction of sp³-hybridized carbons (Fsp3) is 0.364. The summed E-state index contributed by atoms with van der Waals surface area (Å²) in [5.41, 5.74) is 0.721. The summed E-state index contributed by atoms with van der Waals surface area (Å²) in [6.07, 6.45) is -0.853. The van der Waals surface area contributed by atoms with Crippen molar-refractivity contribution in [3.8, 4) is 0 Å². The van der Waals surface area contributed by atoms with Gasteiger partial charge in [0.25, 0.3) is 0 Å². The Kier molecular flexibility index (Phi) is 6.05. The van der Waals surface area contributed by atoms with Crippen LogP contribution in [0.25, 0.3) is 0 Å². The van der Waals surface area contributed by atoms with E-state index in [-0.39, 0.29) is 6.03 Å². The second-order valence-electron chi connectivity index (χ2n) is 3.97. The fourth-order valence-corrected chi connectivity index (χ4v) is 1.76. The molecular formula is C11H13BrCl3N3O. The van der Waals surface area contributed by atoms with Crippen LogP contribution in [0.3, 0.4) is 0 Å². The lowest BCUT2D eigenvalue weighted by Crippen LogP contribution is -2.52. The number of nitrogens with one attached hydrogen (secondary N) is 2. The molecule has 106 valence electrons. The van der Waals surface area contributed by atoms with Gasteiger partial charge in [-0.3, -0.25) is 0 Å². The van der Waals surface area contributed by atoms with Gasteiger partial charge in [-0.05, 0) is 24.3 Å². The molecule has 0 heterocycles. The van der Waals surface area contributed by atoms with E-state index in [1.54, 1.807) is 26.2 Å². The van der Waals surface area contributed by atoms with E-state index in [2.05, 4.69) is 26.6 Å². The number of anilines is 1. The largest absolute Gasteiger partial charge is 0.362 e. The zero-order chi connectivity index (χ0) is 14.6. The quantitative estimate of drug-likeness (QED) is 0.610. The van der Waals surface area contributed by atoms with Crippen molar-refractivity contribution in [2.75, 3.05) is 19.4 Å². The molecule has 1 atom stereocenters. The number of hydrogen-bond donors (Lipinski definition) is 2. The maximum Gasteiger partial charge on any atom is 0.318 e. The first kappa shape index (κ1) is 16.7. The van der Waals surface area contributed by atoms with Crippen LogP contribution in [0.1, 0.15) is 0 Å². The molecule has 1 rings (SSSR count). The highest BCUT2D eigenvalue weighted by molar-refractivity contribution is 9.10. The van der Waals surface area contributed by atoms with Crippen LogP contribution in [0.2, 0.25) is 0 Å². The molecule has 0 bridgehead atoms. The molecule has 0 spiro atoms. The van der Waals surface area contributed by atoms with E-state index < -0.39 is 9.96 Å². The van der Waals surface area contributed by atoms with Crippen molar-refractivity contribution < 1.29 is 4.79 Å². The Bertz CT molecular complexity index is 434. The second kappa shape index (κ2) is 6.88. The average molecular weight is 390 g/mol. The molecule has 0 unspecified atom stereocenters. The smallest absolute Gasteiger partial charge is 0.318 e. The Morgan fingerprint density at radius 2 is 1.79 bits per heavy atom. The maximum absolute atomic E-state index is 11.6. The molecule has 1 aromatic carbocycles. The molecule has 0 fully saturated rings. The van der Waals surface area contributed by atoms with Gasteiger partial charge in [0.1, 0.15) is 6.17 Å². The van der Waals surface area contributed by atoms with Crippen molar-refractivity contribution in [3.05, 3.63) is 28.7 Å². The molecule has 19 heavy (non-hydrogen) atoms. The Hall–Kier alpha value is -0.360. The summed E-state index contributed by atoms with van der Waals surface area (Å²) in [6.45, 7) is 0. The number of alkyl halides is 3. The van der Waals surface area contributed by atoms with Crippen LogP contribution in [-0.4, -0.2) is 35.0 Å². The lowest BCUT2D eigenvalue weighted by Gasteiger charge is -2.28. The Balaban J connectivity index is 2.81. The topological polar surface area (TPSA) is 44.4 Å². The molecule has 2 amide bonds. The fourth-order valence-electron chi connectivity index (χ4n) is 1.17. The molecule has 2 N–H and O–H groups in total. The van der Waals surface area contributed by atoms with E-state index in [1.165, 1.54) is 4.90 Å².